The van der Waals surface area contributed by atoms with Crippen LogP contribution in [0, 0.1) is 25.2 Å². The van der Waals surface area contributed by atoms with Gasteiger partial charge in [-0.1, -0.05) is 24.4 Å². The maximum absolute atomic E-state index is 12.5. The summed E-state index contributed by atoms with van der Waals surface area (Å²) < 4.78 is 2.35. The van der Waals surface area contributed by atoms with E-state index in [-0.39, 0.29) is 5.57 Å². The molecule has 0 spiro atoms. The summed E-state index contributed by atoms with van der Waals surface area (Å²) in [6.07, 6.45) is 6.60. The van der Waals surface area contributed by atoms with Gasteiger partial charge < -0.3 is 9.88 Å². The van der Waals surface area contributed by atoms with Gasteiger partial charge in [-0.05, 0) is 68.7 Å². The smallest absolute Gasteiger partial charge is 0.266 e. The Balaban J connectivity index is 1.84. The second kappa shape index (κ2) is 7.80. The number of hydrogen-bond donors (Lipinski definition) is 1. The first-order valence-electron chi connectivity index (χ1n) is 8.86. The molecule has 0 unspecified atom stereocenters. The molecule has 1 N–H and O–H groups in total. The van der Waals surface area contributed by atoms with E-state index in [1.165, 1.54) is 31.4 Å². The Hall–Kier alpha value is -2.51. The third-order valence-electron chi connectivity index (χ3n) is 4.98. The molecule has 0 radical (unpaired) electrons. The molecule has 1 aliphatic rings. The van der Waals surface area contributed by atoms with Gasteiger partial charge in [-0.25, -0.2) is 0 Å². The number of nitrogens with one attached hydrogen (secondary N) is 1. The van der Waals surface area contributed by atoms with Gasteiger partial charge in [0.25, 0.3) is 5.91 Å². The topological polar surface area (TPSA) is 57.8 Å². The minimum atomic E-state index is -0.416. The van der Waals surface area contributed by atoms with Crippen molar-refractivity contribution < 1.29 is 4.79 Å². The average molecular weight is 368 g/mol. The van der Waals surface area contributed by atoms with Crippen LogP contribution in [0.2, 0.25) is 5.02 Å². The van der Waals surface area contributed by atoms with Gasteiger partial charge in [-0.2, -0.15) is 5.26 Å². The molecule has 4 nitrogen and oxygen atoms in total. The highest BCUT2D eigenvalue weighted by Crippen LogP contribution is 2.33. The molecule has 1 aromatic heterocycles. The lowest BCUT2D eigenvalue weighted by Gasteiger charge is -2.17. The van der Waals surface area contributed by atoms with Crippen LogP contribution in [0.1, 0.15) is 48.7 Å². The van der Waals surface area contributed by atoms with Crippen LogP contribution < -0.4 is 5.32 Å². The van der Waals surface area contributed by atoms with E-state index in [9.17, 15) is 10.1 Å². The van der Waals surface area contributed by atoms with Crippen molar-refractivity contribution in [2.75, 3.05) is 5.32 Å². The monoisotopic (exact) mass is 367 g/mol. The van der Waals surface area contributed by atoms with E-state index in [1.54, 1.807) is 30.3 Å². The Morgan fingerprint density at radius 1 is 1.27 bits per heavy atom. The molecular formula is C21H22ClN3O. The van der Waals surface area contributed by atoms with Crippen LogP contribution in [0.25, 0.3) is 6.08 Å². The Morgan fingerprint density at radius 3 is 2.54 bits per heavy atom. The molecule has 134 valence electrons. The molecule has 26 heavy (non-hydrogen) atoms. The summed E-state index contributed by atoms with van der Waals surface area (Å²) in [4.78, 5) is 12.5. The molecule has 1 heterocycles. The highest BCUT2D eigenvalue weighted by atomic mass is 35.5. The van der Waals surface area contributed by atoms with Crippen LogP contribution in [-0.2, 0) is 4.79 Å². The van der Waals surface area contributed by atoms with E-state index in [4.69, 9.17) is 11.6 Å². The number of anilines is 1. The number of hydrogen-bond acceptors (Lipinski definition) is 2. The maximum atomic E-state index is 12.5. The van der Waals surface area contributed by atoms with Gasteiger partial charge in [0, 0.05) is 28.1 Å². The fraction of sp³-hybridized carbons (Fsp3) is 0.333. The molecule has 0 aliphatic heterocycles. The van der Waals surface area contributed by atoms with Crippen molar-refractivity contribution >= 4 is 29.3 Å². The zero-order valence-corrected chi connectivity index (χ0v) is 15.8. The van der Waals surface area contributed by atoms with Crippen molar-refractivity contribution in [3.8, 4) is 6.07 Å². The normalized spacial score (nSPS) is 15.1. The first-order valence-corrected chi connectivity index (χ1v) is 9.24. The lowest BCUT2D eigenvalue weighted by molar-refractivity contribution is -0.112. The van der Waals surface area contributed by atoms with Gasteiger partial charge in [-0.3, -0.25) is 4.79 Å². The van der Waals surface area contributed by atoms with Crippen molar-refractivity contribution in [3.63, 3.8) is 0 Å². The molecule has 5 heteroatoms. The molecule has 1 amide bonds. The highest BCUT2D eigenvalue weighted by molar-refractivity contribution is 6.30. The van der Waals surface area contributed by atoms with Crippen molar-refractivity contribution in [2.24, 2.45) is 0 Å². The van der Waals surface area contributed by atoms with Gasteiger partial charge in [0.1, 0.15) is 11.6 Å². The zero-order chi connectivity index (χ0) is 18.7. The fourth-order valence-electron chi connectivity index (χ4n) is 3.71. The quantitative estimate of drug-likeness (QED) is 0.579. The number of aryl methyl sites for hydroxylation is 1. The van der Waals surface area contributed by atoms with E-state index in [0.29, 0.717) is 16.8 Å². The number of carbonyl (C=O) groups is 1. The van der Waals surface area contributed by atoms with E-state index in [0.717, 1.165) is 11.3 Å². The Kier molecular flexibility index (Phi) is 5.49. The molecule has 1 aromatic carbocycles. The van der Waals surface area contributed by atoms with Crippen molar-refractivity contribution in [1.82, 2.24) is 4.57 Å². The zero-order valence-electron chi connectivity index (χ0n) is 15.1. The van der Waals surface area contributed by atoms with E-state index >= 15 is 0 Å². The molecule has 1 saturated carbocycles. The molecular weight excluding hydrogens is 346 g/mol. The molecule has 0 saturated heterocycles. The predicted molar refractivity (Wildman–Crippen MR) is 105 cm³/mol. The SMILES string of the molecule is Cc1cc(/C=C(/C#N)C(=O)Nc2ccc(Cl)cc2)c(C)n1C1CCCC1. The molecule has 0 bridgehead atoms. The van der Waals surface area contributed by atoms with Gasteiger partial charge in [0.05, 0.1) is 0 Å². The number of rotatable bonds is 4. The minimum absolute atomic E-state index is 0.0895. The summed E-state index contributed by atoms with van der Waals surface area (Å²) in [7, 11) is 0. The molecule has 0 atom stereocenters. The highest BCUT2D eigenvalue weighted by Gasteiger charge is 2.21. The van der Waals surface area contributed by atoms with Crippen molar-refractivity contribution in [1.29, 1.82) is 5.26 Å². The number of nitriles is 1. The summed E-state index contributed by atoms with van der Waals surface area (Å²) in [5.74, 6) is -0.416. The number of amides is 1. The first-order chi connectivity index (χ1) is 12.5. The van der Waals surface area contributed by atoms with E-state index in [2.05, 4.69) is 29.8 Å². The van der Waals surface area contributed by atoms with Crippen molar-refractivity contribution in [2.45, 2.75) is 45.6 Å². The number of aromatic nitrogens is 1. The average Bonchev–Trinajstić information content (AvgIpc) is 3.22. The molecule has 1 fully saturated rings. The van der Waals surface area contributed by atoms with Crippen LogP contribution in [-0.4, -0.2) is 10.5 Å². The third kappa shape index (κ3) is 3.84. The maximum Gasteiger partial charge on any atom is 0.266 e. The van der Waals surface area contributed by atoms with Crippen LogP contribution in [0.3, 0.4) is 0 Å². The lowest BCUT2D eigenvalue weighted by Crippen LogP contribution is -2.13. The third-order valence-corrected chi connectivity index (χ3v) is 5.23. The standard InChI is InChI=1S/C21H22ClN3O/c1-14-11-16(15(2)25(14)20-5-3-4-6-20)12-17(13-23)21(26)24-19-9-7-18(22)8-10-19/h7-12,20H,3-6H2,1-2H3,(H,24,26)/b17-12-. The number of carbonyl (C=O) groups excluding carboxylic acids is 1. The molecule has 1 aliphatic carbocycles. The Bertz CT molecular complexity index is 881. The van der Waals surface area contributed by atoms with Crippen LogP contribution in [0.4, 0.5) is 5.69 Å². The molecule has 2 aromatic rings. The van der Waals surface area contributed by atoms with Gasteiger partial charge in [0.15, 0.2) is 0 Å². The summed E-state index contributed by atoms with van der Waals surface area (Å²) in [5.41, 5.74) is 3.92. The van der Waals surface area contributed by atoms with Gasteiger partial charge in [-0.15, -0.1) is 0 Å². The minimum Gasteiger partial charge on any atom is -0.346 e. The van der Waals surface area contributed by atoms with Gasteiger partial charge >= 0.3 is 0 Å². The Labute approximate surface area is 159 Å². The summed E-state index contributed by atoms with van der Waals surface area (Å²) >= 11 is 5.85. The largest absolute Gasteiger partial charge is 0.346 e. The summed E-state index contributed by atoms with van der Waals surface area (Å²) in [5, 5.41) is 12.8. The first kappa shape index (κ1) is 18.3. The summed E-state index contributed by atoms with van der Waals surface area (Å²) in [6.45, 7) is 4.14. The van der Waals surface area contributed by atoms with Crippen LogP contribution in [0.15, 0.2) is 35.9 Å². The number of benzene rings is 1. The van der Waals surface area contributed by atoms with Gasteiger partial charge in [0.2, 0.25) is 0 Å². The second-order valence-corrected chi connectivity index (χ2v) is 7.20. The second-order valence-electron chi connectivity index (χ2n) is 6.77. The van der Waals surface area contributed by atoms with E-state index < -0.39 is 5.91 Å². The van der Waals surface area contributed by atoms with Crippen LogP contribution in [0.5, 0.6) is 0 Å². The number of halogens is 1. The Morgan fingerprint density at radius 2 is 1.92 bits per heavy atom. The van der Waals surface area contributed by atoms with Crippen molar-refractivity contribution in [3.05, 3.63) is 57.9 Å². The predicted octanol–water partition coefficient (Wildman–Crippen LogP) is 5.42. The van der Waals surface area contributed by atoms with Crippen LogP contribution >= 0.6 is 11.6 Å². The fourth-order valence-corrected chi connectivity index (χ4v) is 3.83. The molecule has 3 rings (SSSR count). The van der Waals surface area contributed by atoms with E-state index in [1.807, 2.05) is 6.07 Å². The summed E-state index contributed by atoms with van der Waals surface area (Å²) in [6, 6.07) is 11.4. The lowest BCUT2D eigenvalue weighted by atomic mass is 10.1. The number of nitrogens with zero attached hydrogens (tertiary/aromatic N) is 2.